The molecule has 4 nitrogen and oxygen atoms in total. The fourth-order valence-electron chi connectivity index (χ4n) is 6.15. The average molecular weight is 376 g/mol. The number of benzene rings is 2. The van der Waals surface area contributed by atoms with Crippen LogP contribution in [0.1, 0.15) is 38.5 Å². The van der Waals surface area contributed by atoms with Crippen molar-refractivity contribution in [1.29, 1.82) is 0 Å². The zero-order chi connectivity index (χ0) is 19.2. The maximum atomic E-state index is 13.2. The molecule has 0 atom stereocenters. The Balaban J connectivity index is 1.41. The van der Waals surface area contributed by atoms with E-state index < -0.39 is 10.8 Å². The van der Waals surface area contributed by atoms with E-state index in [1.54, 1.807) is 24.3 Å². The minimum atomic E-state index is -0.560. The van der Waals surface area contributed by atoms with Crippen molar-refractivity contribution in [2.24, 2.45) is 22.7 Å². The van der Waals surface area contributed by atoms with Crippen LogP contribution in [0.25, 0.3) is 0 Å². The van der Waals surface area contributed by atoms with Crippen LogP contribution in [-0.2, 0) is 9.59 Å². The number of esters is 2. The summed E-state index contributed by atoms with van der Waals surface area (Å²) in [5, 5.41) is 0. The molecule has 4 saturated carbocycles. The summed E-state index contributed by atoms with van der Waals surface area (Å²) in [7, 11) is 0. The highest BCUT2D eigenvalue weighted by Gasteiger charge is 2.64. The Morgan fingerprint density at radius 2 is 1.07 bits per heavy atom. The smallest absolute Gasteiger partial charge is 0.317 e. The summed E-state index contributed by atoms with van der Waals surface area (Å²) in [5.41, 5.74) is -1.12. The van der Waals surface area contributed by atoms with Gasteiger partial charge in [0.1, 0.15) is 11.5 Å². The predicted octanol–water partition coefficient (Wildman–Crippen LogP) is 4.78. The Morgan fingerprint density at radius 3 is 1.46 bits per heavy atom. The summed E-state index contributed by atoms with van der Waals surface area (Å²) >= 11 is 0. The van der Waals surface area contributed by atoms with Gasteiger partial charge in [0.25, 0.3) is 0 Å². The summed E-state index contributed by atoms with van der Waals surface area (Å²) in [4.78, 5) is 26.4. The average Bonchev–Trinajstić information content (AvgIpc) is 2.68. The van der Waals surface area contributed by atoms with E-state index in [4.69, 9.17) is 9.47 Å². The number of para-hydroxylation sites is 2. The molecule has 0 spiro atoms. The highest BCUT2D eigenvalue weighted by molar-refractivity contribution is 5.85. The molecule has 2 aromatic carbocycles. The number of hydrogen-bond donors (Lipinski definition) is 0. The summed E-state index contributed by atoms with van der Waals surface area (Å²) < 4.78 is 11.5. The van der Waals surface area contributed by atoms with E-state index in [1.165, 1.54) is 0 Å². The van der Waals surface area contributed by atoms with Crippen molar-refractivity contribution in [2.75, 3.05) is 0 Å². The van der Waals surface area contributed by atoms with Crippen molar-refractivity contribution in [2.45, 2.75) is 38.5 Å². The minimum absolute atomic E-state index is 0.176. The molecule has 2 aromatic rings. The van der Waals surface area contributed by atoms with Crippen LogP contribution in [0.4, 0.5) is 0 Å². The lowest BCUT2D eigenvalue weighted by atomic mass is 9.44. The van der Waals surface area contributed by atoms with Gasteiger partial charge in [-0.2, -0.15) is 0 Å². The van der Waals surface area contributed by atoms with Gasteiger partial charge in [-0.25, -0.2) is 0 Å². The first-order valence-corrected chi connectivity index (χ1v) is 10.1. The number of hydrogen-bond acceptors (Lipinski definition) is 4. The summed E-state index contributed by atoms with van der Waals surface area (Å²) in [6, 6.07) is 18.5. The van der Waals surface area contributed by atoms with Gasteiger partial charge in [0.2, 0.25) is 0 Å². The van der Waals surface area contributed by atoms with Gasteiger partial charge >= 0.3 is 11.9 Å². The first-order valence-electron chi connectivity index (χ1n) is 10.1. The zero-order valence-electron chi connectivity index (χ0n) is 15.8. The number of carbonyl (C=O) groups is 2. The highest BCUT2D eigenvalue weighted by atomic mass is 16.5. The van der Waals surface area contributed by atoms with Gasteiger partial charge in [-0.05, 0) is 74.6 Å². The molecule has 0 heterocycles. The Bertz CT molecular complexity index is 804. The van der Waals surface area contributed by atoms with Gasteiger partial charge in [-0.3, -0.25) is 9.59 Å². The third-order valence-electron chi connectivity index (χ3n) is 6.83. The van der Waals surface area contributed by atoms with Gasteiger partial charge in [0, 0.05) is 0 Å². The van der Waals surface area contributed by atoms with E-state index in [1.807, 2.05) is 36.4 Å². The van der Waals surface area contributed by atoms with Gasteiger partial charge in [-0.15, -0.1) is 0 Å². The molecule has 0 unspecified atom stereocenters. The molecule has 0 radical (unpaired) electrons. The predicted molar refractivity (Wildman–Crippen MR) is 104 cm³/mol. The number of carbonyl (C=O) groups excluding carboxylic acids is 2. The zero-order valence-corrected chi connectivity index (χ0v) is 15.8. The Kier molecular flexibility index (Phi) is 4.04. The van der Waals surface area contributed by atoms with E-state index in [-0.39, 0.29) is 11.9 Å². The molecule has 4 fully saturated rings. The molecule has 0 N–H and O–H groups in total. The first-order chi connectivity index (χ1) is 13.6. The van der Waals surface area contributed by atoms with Gasteiger partial charge in [0.05, 0.1) is 10.8 Å². The Hall–Kier alpha value is -2.62. The molecule has 144 valence electrons. The molecule has 0 saturated heterocycles. The molecule has 28 heavy (non-hydrogen) atoms. The summed E-state index contributed by atoms with van der Waals surface area (Å²) in [5.74, 6) is 1.59. The van der Waals surface area contributed by atoms with Crippen LogP contribution in [0.15, 0.2) is 60.7 Å². The second kappa shape index (κ2) is 6.47. The monoisotopic (exact) mass is 376 g/mol. The molecular formula is C24H24O4. The van der Waals surface area contributed by atoms with Gasteiger partial charge in [-0.1, -0.05) is 36.4 Å². The normalized spacial score (nSPS) is 32.7. The lowest BCUT2D eigenvalue weighted by Gasteiger charge is -2.59. The van der Waals surface area contributed by atoms with Crippen molar-refractivity contribution in [3.8, 4) is 11.5 Å². The number of ether oxygens (including phenoxy) is 2. The van der Waals surface area contributed by atoms with E-state index in [0.29, 0.717) is 29.8 Å². The largest absolute Gasteiger partial charge is 0.426 e. The molecule has 0 aromatic heterocycles. The molecule has 4 bridgehead atoms. The topological polar surface area (TPSA) is 52.6 Å². The van der Waals surface area contributed by atoms with Crippen molar-refractivity contribution in [3.63, 3.8) is 0 Å². The molecule has 4 heteroatoms. The second-order valence-corrected chi connectivity index (χ2v) is 8.93. The highest BCUT2D eigenvalue weighted by Crippen LogP contribution is 2.65. The SMILES string of the molecule is O=C(Oc1ccccc1)C12CC3CC(C1)CC(C(=O)Oc1ccccc1)(C3)C2. The van der Waals surface area contributed by atoms with Crippen LogP contribution in [0.2, 0.25) is 0 Å². The van der Waals surface area contributed by atoms with Crippen LogP contribution in [0, 0.1) is 22.7 Å². The Labute approximate surface area is 164 Å². The molecule has 0 amide bonds. The second-order valence-electron chi connectivity index (χ2n) is 8.93. The van der Waals surface area contributed by atoms with Gasteiger partial charge in [0.15, 0.2) is 0 Å². The summed E-state index contributed by atoms with van der Waals surface area (Å²) in [6.45, 7) is 0. The maximum Gasteiger partial charge on any atom is 0.317 e. The van der Waals surface area contributed by atoms with Crippen molar-refractivity contribution in [3.05, 3.63) is 60.7 Å². The third kappa shape index (κ3) is 2.92. The lowest BCUT2D eigenvalue weighted by Crippen LogP contribution is -2.59. The molecule has 0 aliphatic heterocycles. The minimum Gasteiger partial charge on any atom is -0.426 e. The fraction of sp³-hybridized carbons (Fsp3) is 0.417. The van der Waals surface area contributed by atoms with E-state index in [9.17, 15) is 9.59 Å². The van der Waals surface area contributed by atoms with Crippen LogP contribution in [0.3, 0.4) is 0 Å². The standard InChI is InChI=1S/C24H24O4/c25-21(27-19-7-3-1-4-8-19)23-12-17-11-18(13-23)15-24(14-17,16-23)22(26)28-20-9-5-2-6-10-20/h1-10,17-18H,11-16H2. The van der Waals surface area contributed by atoms with E-state index in [0.717, 1.165) is 32.1 Å². The van der Waals surface area contributed by atoms with Crippen LogP contribution < -0.4 is 9.47 Å². The van der Waals surface area contributed by atoms with Crippen molar-refractivity contribution < 1.29 is 19.1 Å². The molecule has 6 rings (SSSR count). The Morgan fingerprint density at radius 1 is 0.679 bits per heavy atom. The summed E-state index contributed by atoms with van der Waals surface area (Å²) in [6.07, 6.45) is 4.97. The van der Waals surface area contributed by atoms with Crippen LogP contribution in [-0.4, -0.2) is 11.9 Å². The van der Waals surface area contributed by atoms with E-state index in [2.05, 4.69) is 0 Å². The van der Waals surface area contributed by atoms with Crippen LogP contribution in [0.5, 0.6) is 11.5 Å². The van der Waals surface area contributed by atoms with E-state index >= 15 is 0 Å². The van der Waals surface area contributed by atoms with Gasteiger partial charge < -0.3 is 9.47 Å². The third-order valence-corrected chi connectivity index (χ3v) is 6.83. The van der Waals surface area contributed by atoms with Crippen molar-refractivity contribution in [1.82, 2.24) is 0 Å². The number of rotatable bonds is 4. The van der Waals surface area contributed by atoms with Crippen LogP contribution >= 0.6 is 0 Å². The molecule has 4 aliphatic carbocycles. The maximum absolute atomic E-state index is 13.2. The quantitative estimate of drug-likeness (QED) is 0.569. The molecule has 4 aliphatic rings. The first kappa shape index (κ1) is 17.5. The fourth-order valence-corrected chi connectivity index (χ4v) is 6.15. The lowest BCUT2D eigenvalue weighted by molar-refractivity contribution is -0.183. The molecular weight excluding hydrogens is 352 g/mol. The van der Waals surface area contributed by atoms with Crippen molar-refractivity contribution >= 4 is 11.9 Å².